The third-order valence-electron chi connectivity index (χ3n) is 4.71. The van der Waals surface area contributed by atoms with E-state index in [2.05, 4.69) is 25.7 Å². The van der Waals surface area contributed by atoms with Crippen molar-refractivity contribution in [2.75, 3.05) is 36.4 Å². The van der Waals surface area contributed by atoms with Gasteiger partial charge in [0.25, 0.3) is 11.5 Å². The topological polar surface area (TPSA) is 118 Å². The molecule has 1 saturated heterocycles. The first-order valence-electron chi connectivity index (χ1n) is 9.36. The largest absolute Gasteiger partial charge is 0.364 e. The summed E-state index contributed by atoms with van der Waals surface area (Å²) in [4.78, 5) is 31.1. The molecule has 1 aliphatic heterocycles. The normalized spacial score (nSPS) is 14.2. The molecular weight excluding hydrogens is 406 g/mol. The summed E-state index contributed by atoms with van der Waals surface area (Å²) in [5.41, 5.74) is 1.32. The highest BCUT2D eigenvalue weighted by Crippen LogP contribution is 2.28. The average molecular weight is 423 g/mol. The first kappa shape index (κ1) is 18.5. The number of aromatic nitrogens is 4. The molecule has 152 valence electrons. The van der Waals surface area contributed by atoms with Gasteiger partial charge in [-0.2, -0.15) is 14.6 Å². The highest BCUT2D eigenvalue weighted by molar-refractivity contribution is 7.19. The van der Waals surface area contributed by atoms with Crippen LogP contribution in [-0.2, 0) is 0 Å². The number of benzene rings is 1. The number of anilines is 2. The van der Waals surface area contributed by atoms with E-state index in [1.807, 2.05) is 18.2 Å². The van der Waals surface area contributed by atoms with Gasteiger partial charge in [0.15, 0.2) is 5.69 Å². The Kier molecular flexibility index (Phi) is 4.73. The maximum absolute atomic E-state index is 12.2. The van der Waals surface area contributed by atoms with Crippen LogP contribution in [0.15, 0.2) is 52.0 Å². The van der Waals surface area contributed by atoms with Gasteiger partial charge >= 0.3 is 0 Å². The van der Waals surface area contributed by atoms with E-state index < -0.39 is 0 Å². The molecule has 1 fully saturated rings. The lowest BCUT2D eigenvalue weighted by atomic mass is 10.2. The lowest BCUT2D eigenvalue weighted by Gasteiger charge is -2.28. The first-order valence-corrected chi connectivity index (χ1v) is 10.2. The number of piperazine rings is 1. The number of carbonyl (C=O) groups is 1. The number of nitrogens with zero attached hydrogens (tertiary/aromatic N) is 5. The van der Waals surface area contributed by atoms with Crippen molar-refractivity contribution in [1.29, 1.82) is 0 Å². The lowest BCUT2D eigenvalue weighted by molar-refractivity contribution is 0.101. The summed E-state index contributed by atoms with van der Waals surface area (Å²) in [5.74, 6) is 0.378. The fraction of sp³-hybridized carbons (Fsp3) is 0.211. The molecule has 0 aliphatic carbocycles. The number of hydrogen-bond donors (Lipinski definition) is 2. The molecule has 11 heteroatoms. The van der Waals surface area contributed by atoms with Gasteiger partial charge in [0.2, 0.25) is 4.96 Å². The summed E-state index contributed by atoms with van der Waals surface area (Å²) < 4.78 is 6.42. The van der Waals surface area contributed by atoms with Crippen LogP contribution >= 0.6 is 11.3 Å². The molecule has 30 heavy (non-hydrogen) atoms. The van der Waals surface area contributed by atoms with Gasteiger partial charge in [-0.25, -0.2) is 0 Å². The molecule has 1 amide bonds. The molecule has 1 aliphatic rings. The smallest absolute Gasteiger partial charge is 0.277 e. The molecule has 0 atom stereocenters. The quantitative estimate of drug-likeness (QED) is 0.507. The molecule has 4 heterocycles. The van der Waals surface area contributed by atoms with Gasteiger partial charge in [0, 0.05) is 49.6 Å². The molecule has 0 saturated carbocycles. The Bertz CT molecular complexity index is 1260. The van der Waals surface area contributed by atoms with Crippen molar-refractivity contribution < 1.29 is 9.32 Å². The number of amides is 1. The Morgan fingerprint density at radius 2 is 2.07 bits per heavy atom. The summed E-state index contributed by atoms with van der Waals surface area (Å²) >= 11 is 1.33. The maximum atomic E-state index is 12.2. The molecule has 0 bridgehead atoms. The number of nitrogens with one attached hydrogen (secondary N) is 2. The van der Waals surface area contributed by atoms with Crippen LogP contribution in [0.2, 0.25) is 0 Å². The predicted octanol–water partition coefficient (Wildman–Crippen LogP) is 1.47. The van der Waals surface area contributed by atoms with E-state index in [0.717, 1.165) is 37.6 Å². The lowest BCUT2D eigenvalue weighted by Crippen LogP contribution is -2.44. The molecule has 0 unspecified atom stereocenters. The molecule has 4 aromatic rings. The van der Waals surface area contributed by atoms with Gasteiger partial charge in [-0.3, -0.25) is 9.59 Å². The van der Waals surface area contributed by atoms with E-state index in [0.29, 0.717) is 15.7 Å². The van der Waals surface area contributed by atoms with Crippen molar-refractivity contribution in [3.63, 3.8) is 0 Å². The fourth-order valence-electron chi connectivity index (χ4n) is 3.29. The van der Waals surface area contributed by atoms with Crippen LogP contribution < -0.4 is 21.1 Å². The second-order valence-electron chi connectivity index (χ2n) is 6.71. The zero-order valence-electron chi connectivity index (χ0n) is 15.7. The standard InChI is InChI=1S/C19H17N7O3S/c27-15-11-16(25-7-5-20-6-8-25)26-19(22-15)30-18(23-26)12-2-1-3-13(10-12)21-17(28)14-4-9-29-24-14/h1-4,9-11,20H,5-8H2,(H,21,28). The highest BCUT2D eigenvalue weighted by atomic mass is 32.1. The Hall–Kier alpha value is -3.57. The summed E-state index contributed by atoms with van der Waals surface area (Å²) in [6, 6.07) is 10.3. The van der Waals surface area contributed by atoms with Crippen molar-refractivity contribution in [2.45, 2.75) is 0 Å². The number of rotatable bonds is 4. The van der Waals surface area contributed by atoms with Gasteiger partial charge < -0.3 is 20.1 Å². The van der Waals surface area contributed by atoms with E-state index in [4.69, 9.17) is 9.62 Å². The summed E-state index contributed by atoms with van der Waals surface area (Å²) in [6.45, 7) is 3.29. The minimum absolute atomic E-state index is 0.198. The van der Waals surface area contributed by atoms with Crippen molar-refractivity contribution >= 4 is 33.7 Å². The fourth-order valence-corrected chi connectivity index (χ4v) is 4.19. The van der Waals surface area contributed by atoms with Crippen LogP contribution in [0.3, 0.4) is 0 Å². The highest BCUT2D eigenvalue weighted by Gasteiger charge is 2.18. The predicted molar refractivity (Wildman–Crippen MR) is 112 cm³/mol. The summed E-state index contributed by atoms with van der Waals surface area (Å²) in [6.07, 6.45) is 1.34. The third-order valence-corrected chi connectivity index (χ3v) is 5.67. The van der Waals surface area contributed by atoms with E-state index >= 15 is 0 Å². The minimum Gasteiger partial charge on any atom is -0.364 e. The van der Waals surface area contributed by atoms with Gasteiger partial charge in [-0.15, -0.1) is 0 Å². The van der Waals surface area contributed by atoms with E-state index in [9.17, 15) is 9.59 Å². The van der Waals surface area contributed by atoms with Crippen LogP contribution in [0.25, 0.3) is 15.5 Å². The van der Waals surface area contributed by atoms with Crippen LogP contribution in [0, 0.1) is 0 Å². The summed E-state index contributed by atoms with van der Waals surface area (Å²) in [7, 11) is 0. The average Bonchev–Trinajstić information content (AvgIpc) is 3.44. The van der Waals surface area contributed by atoms with E-state index in [-0.39, 0.29) is 17.2 Å². The Morgan fingerprint density at radius 1 is 1.20 bits per heavy atom. The van der Waals surface area contributed by atoms with Crippen molar-refractivity contribution in [3.05, 3.63) is 58.7 Å². The van der Waals surface area contributed by atoms with E-state index in [1.54, 1.807) is 10.6 Å². The van der Waals surface area contributed by atoms with Crippen LogP contribution in [0.1, 0.15) is 10.5 Å². The van der Waals surface area contributed by atoms with Gasteiger partial charge in [0.1, 0.15) is 17.1 Å². The Balaban J connectivity index is 1.49. The van der Waals surface area contributed by atoms with Gasteiger partial charge in [-0.1, -0.05) is 28.6 Å². The van der Waals surface area contributed by atoms with E-state index in [1.165, 1.54) is 29.7 Å². The van der Waals surface area contributed by atoms with Crippen LogP contribution in [0.4, 0.5) is 11.5 Å². The third kappa shape index (κ3) is 3.55. The molecule has 3 aromatic heterocycles. The monoisotopic (exact) mass is 423 g/mol. The number of fused-ring (bicyclic) bond motifs is 1. The first-order chi connectivity index (χ1) is 14.7. The molecule has 5 rings (SSSR count). The molecule has 0 radical (unpaired) electrons. The van der Waals surface area contributed by atoms with Crippen molar-refractivity contribution in [1.82, 2.24) is 25.1 Å². The van der Waals surface area contributed by atoms with Crippen LogP contribution in [0.5, 0.6) is 0 Å². The molecule has 10 nitrogen and oxygen atoms in total. The number of carbonyl (C=O) groups excluding carboxylic acids is 1. The van der Waals surface area contributed by atoms with Gasteiger partial charge in [0.05, 0.1) is 0 Å². The van der Waals surface area contributed by atoms with Crippen molar-refractivity contribution in [3.8, 4) is 10.6 Å². The zero-order valence-corrected chi connectivity index (χ0v) is 16.6. The van der Waals surface area contributed by atoms with Gasteiger partial charge in [-0.05, 0) is 12.1 Å². The van der Waals surface area contributed by atoms with Crippen molar-refractivity contribution in [2.24, 2.45) is 0 Å². The Morgan fingerprint density at radius 3 is 2.87 bits per heavy atom. The maximum Gasteiger partial charge on any atom is 0.277 e. The molecule has 0 spiro atoms. The zero-order chi connectivity index (χ0) is 20.5. The van der Waals surface area contributed by atoms with Crippen LogP contribution in [-0.4, -0.2) is 51.8 Å². The second-order valence-corrected chi connectivity index (χ2v) is 7.67. The SMILES string of the molecule is O=C(Nc1cccc(-c2nn3c(N4CCNCC4)cc(=O)nc3s2)c1)c1ccon1. The Labute approximate surface area is 174 Å². The molecule has 2 N–H and O–H groups in total. The number of hydrogen-bond acceptors (Lipinski definition) is 9. The second kappa shape index (κ2) is 7.69. The molecular formula is C19H17N7O3S. The summed E-state index contributed by atoms with van der Waals surface area (Å²) in [5, 5.41) is 15.1. The molecule has 1 aromatic carbocycles. The minimum atomic E-state index is -0.363.